The molecule has 3 aromatic carbocycles. The van der Waals surface area contributed by atoms with Crippen LogP contribution in [-0.4, -0.2) is 50.9 Å². The molecule has 1 atom stereocenters. The number of nitrogens with zero attached hydrogens (tertiary/aromatic N) is 2. The standard InChI is InChI=1S/C28H31ClFN3O5S/c1-4-31-28(35)20(3)32(18-21-6-10-23(30)11-7-21)27(34)19-33(24-12-14-25(15-13-24)38-5-2)39(36,37)26-16-8-22(29)9-17-26/h6-17,20H,4-5,18-19H2,1-3H3,(H,31,35). The van der Waals surface area contributed by atoms with Crippen molar-refractivity contribution in [3.05, 3.63) is 89.2 Å². The third kappa shape index (κ3) is 7.70. The summed E-state index contributed by atoms with van der Waals surface area (Å²) in [5.41, 5.74) is 0.809. The highest BCUT2D eigenvalue weighted by Crippen LogP contribution is 2.27. The molecule has 0 aromatic heterocycles. The Morgan fingerprint density at radius 2 is 1.59 bits per heavy atom. The fourth-order valence-corrected chi connectivity index (χ4v) is 5.37. The largest absolute Gasteiger partial charge is 0.494 e. The number of halogens is 2. The van der Waals surface area contributed by atoms with E-state index in [1.807, 2.05) is 6.92 Å². The van der Waals surface area contributed by atoms with Crippen molar-refractivity contribution in [2.24, 2.45) is 0 Å². The van der Waals surface area contributed by atoms with E-state index < -0.39 is 40.2 Å². The van der Waals surface area contributed by atoms with Crippen molar-refractivity contribution in [3.8, 4) is 5.75 Å². The topological polar surface area (TPSA) is 96.0 Å². The summed E-state index contributed by atoms with van der Waals surface area (Å²) in [4.78, 5) is 27.7. The molecule has 0 saturated heterocycles. The summed E-state index contributed by atoms with van der Waals surface area (Å²) < 4.78 is 47.5. The highest BCUT2D eigenvalue weighted by atomic mass is 35.5. The average molecular weight is 576 g/mol. The van der Waals surface area contributed by atoms with E-state index in [9.17, 15) is 22.4 Å². The number of carbonyl (C=O) groups excluding carboxylic acids is 2. The molecule has 0 radical (unpaired) electrons. The van der Waals surface area contributed by atoms with Crippen LogP contribution in [0.2, 0.25) is 5.02 Å². The number of nitrogens with one attached hydrogen (secondary N) is 1. The van der Waals surface area contributed by atoms with Crippen molar-refractivity contribution >= 4 is 39.1 Å². The summed E-state index contributed by atoms with van der Waals surface area (Å²) in [6.45, 7) is 5.30. The van der Waals surface area contributed by atoms with E-state index in [-0.39, 0.29) is 17.1 Å². The lowest BCUT2D eigenvalue weighted by atomic mass is 10.1. The maximum atomic E-state index is 13.8. The molecule has 3 rings (SSSR count). The molecule has 39 heavy (non-hydrogen) atoms. The van der Waals surface area contributed by atoms with Gasteiger partial charge >= 0.3 is 0 Å². The van der Waals surface area contributed by atoms with Gasteiger partial charge in [0.05, 0.1) is 17.2 Å². The van der Waals surface area contributed by atoms with Crippen LogP contribution >= 0.6 is 11.6 Å². The highest BCUT2D eigenvalue weighted by molar-refractivity contribution is 7.92. The van der Waals surface area contributed by atoms with Crippen molar-refractivity contribution in [3.63, 3.8) is 0 Å². The Bertz CT molecular complexity index is 1370. The minimum Gasteiger partial charge on any atom is -0.494 e. The van der Waals surface area contributed by atoms with Crippen LogP contribution in [0.5, 0.6) is 5.75 Å². The quantitative estimate of drug-likeness (QED) is 0.340. The van der Waals surface area contributed by atoms with E-state index in [1.54, 1.807) is 38.1 Å². The van der Waals surface area contributed by atoms with Crippen LogP contribution in [0.4, 0.5) is 10.1 Å². The van der Waals surface area contributed by atoms with Crippen LogP contribution in [0.25, 0.3) is 0 Å². The maximum absolute atomic E-state index is 13.8. The molecule has 0 aliphatic heterocycles. The zero-order valence-corrected chi connectivity index (χ0v) is 23.5. The fraction of sp³-hybridized carbons (Fsp3) is 0.286. The molecule has 3 aromatic rings. The number of hydrogen-bond acceptors (Lipinski definition) is 5. The summed E-state index contributed by atoms with van der Waals surface area (Å²) in [5, 5.41) is 3.05. The highest BCUT2D eigenvalue weighted by Gasteiger charge is 2.32. The van der Waals surface area contributed by atoms with E-state index in [0.29, 0.717) is 29.5 Å². The monoisotopic (exact) mass is 575 g/mol. The van der Waals surface area contributed by atoms with Gasteiger partial charge in [0.1, 0.15) is 24.2 Å². The molecule has 0 bridgehead atoms. The van der Waals surface area contributed by atoms with E-state index in [2.05, 4.69) is 5.32 Å². The number of anilines is 1. The average Bonchev–Trinajstić information content (AvgIpc) is 2.92. The second-order valence-corrected chi connectivity index (χ2v) is 10.9. The number of amides is 2. The van der Waals surface area contributed by atoms with Gasteiger partial charge in [-0.15, -0.1) is 0 Å². The van der Waals surface area contributed by atoms with E-state index in [4.69, 9.17) is 16.3 Å². The summed E-state index contributed by atoms with van der Waals surface area (Å²) in [7, 11) is -4.22. The molecule has 8 nitrogen and oxygen atoms in total. The summed E-state index contributed by atoms with van der Waals surface area (Å²) >= 11 is 5.96. The van der Waals surface area contributed by atoms with Crippen LogP contribution in [0, 0.1) is 5.82 Å². The third-order valence-corrected chi connectivity index (χ3v) is 7.94. The molecule has 0 fully saturated rings. The Balaban J connectivity index is 2.02. The second kappa shape index (κ2) is 13.4. The van der Waals surface area contributed by atoms with Crippen molar-refractivity contribution in [2.75, 3.05) is 24.0 Å². The van der Waals surface area contributed by atoms with Gasteiger partial charge in [-0.3, -0.25) is 13.9 Å². The normalized spacial score (nSPS) is 11.9. The summed E-state index contributed by atoms with van der Waals surface area (Å²) in [6, 6.07) is 16.5. The smallest absolute Gasteiger partial charge is 0.264 e. The van der Waals surface area contributed by atoms with Crippen molar-refractivity contribution < 1.29 is 27.1 Å². The first kappa shape index (κ1) is 29.9. The van der Waals surface area contributed by atoms with Crippen molar-refractivity contribution in [2.45, 2.75) is 38.3 Å². The predicted octanol–water partition coefficient (Wildman–Crippen LogP) is 4.63. The van der Waals surface area contributed by atoms with Gasteiger partial charge in [0.15, 0.2) is 0 Å². The fourth-order valence-electron chi connectivity index (χ4n) is 3.83. The van der Waals surface area contributed by atoms with Crippen LogP contribution < -0.4 is 14.4 Å². The van der Waals surface area contributed by atoms with Gasteiger partial charge in [0.2, 0.25) is 11.8 Å². The molecule has 208 valence electrons. The van der Waals surface area contributed by atoms with Crippen molar-refractivity contribution in [1.82, 2.24) is 10.2 Å². The Morgan fingerprint density at radius 1 is 0.974 bits per heavy atom. The third-order valence-electron chi connectivity index (χ3n) is 5.90. The zero-order valence-electron chi connectivity index (χ0n) is 21.9. The van der Waals surface area contributed by atoms with Gasteiger partial charge in [-0.1, -0.05) is 23.7 Å². The lowest BCUT2D eigenvalue weighted by Crippen LogP contribution is -2.51. The van der Waals surface area contributed by atoms with Crippen LogP contribution in [0.1, 0.15) is 26.3 Å². The molecule has 2 amide bonds. The number of benzene rings is 3. The molecule has 0 aliphatic rings. The van der Waals surface area contributed by atoms with E-state index >= 15 is 0 Å². The first-order valence-corrected chi connectivity index (χ1v) is 14.2. The van der Waals surface area contributed by atoms with Gasteiger partial charge in [-0.2, -0.15) is 0 Å². The Morgan fingerprint density at radius 3 is 2.15 bits per heavy atom. The van der Waals surface area contributed by atoms with E-state index in [1.165, 1.54) is 53.4 Å². The van der Waals surface area contributed by atoms with Crippen LogP contribution in [-0.2, 0) is 26.2 Å². The van der Waals surface area contributed by atoms with Gasteiger partial charge in [0, 0.05) is 18.1 Å². The van der Waals surface area contributed by atoms with Gasteiger partial charge in [-0.25, -0.2) is 12.8 Å². The zero-order chi connectivity index (χ0) is 28.6. The minimum absolute atomic E-state index is 0.0322. The number of carbonyl (C=O) groups is 2. The van der Waals surface area contributed by atoms with Gasteiger partial charge in [0.25, 0.3) is 10.0 Å². The van der Waals surface area contributed by atoms with Gasteiger partial charge < -0.3 is 15.0 Å². The summed E-state index contributed by atoms with van der Waals surface area (Å²) in [5.74, 6) is -0.922. The number of ether oxygens (including phenoxy) is 1. The lowest BCUT2D eigenvalue weighted by molar-refractivity contribution is -0.139. The molecule has 1 unspecified atom stereocenters. The summed E-state index contributed by atoms with van der Waals surface area (Å²) in [6.07, 6.45) is 0. The van der Waals surface area contributed by atoms with E-state index in [0.717, 1.165) is 4.31 Å². The maximum Gasteiger partial charge on any atom is 0.264 e. The van der Waals surface area contributed by atoms with Gasteiger partial charge in [-0.05, 0) is 87.0 Å². The van der Waals surface area contributed by atoms with Crippen LogP contribution in [0.3, 0.4) is 0 Å². The molecule has 1 N–H and O–H groups in total. The molecule has 0 heterocycles. The predicted molar refractivity (Wildman–Crippen MR) is 149 cm³/mol. The van der Waals surface area contributed by atoms with Crippen LogP contribution in [0.15, 0.2) is 77.7 Å². The first-order chi connectivity index (χ1) is 18.6. The molecular weight excluding hydrogens is 545 g/mol. The SMILES string of the molecule is CCNC(=O)C(C)N(Cc1ccc(F)cc1)C(=O)CN(c1ccc(OCC)cc1)S(=O)(=O)c1ccc(Cl)cc1. The lowest BCUT2D eigenvalue weighted by Gasteiger charge is -2.32. The second-order valence-electron chi connectivity index (χ2n) is 8.61. The number of rotatable bonds is 12. The molecule has 0 spiro atoms. The minimum atomic E-state index is -4.22. The molecule has 0 aliphatic carbocycles. The number of sulfonamides is 1. The Kier molecular flexibility index (Phi) is 10.3. The molecule has 11 heteroatoms. The number of likely N-dealkylation sites (N-methyl/N-ethyl adjacent to an activating group) is 1. The Labute approximate surface area is 233 Å². The molecular formula is C28H31ClFN3O5S. The molecule has 0 saturated carbocycles. The first-order valence-electron chi connectivity index (χ1n) is 12.4. The Hall–Kier alpha value is -3.63. The number of hydrogen-bond donors (Lipinski definition) is 1. The van der Waals surface area contributed by atoms with Crippen molar-refractivity contribution in [1.29, 1.82) is 0 Å².